The number of alkyl carbamates (subject to hydrolysis) is 1. The highest BCUT2D eigenvalue weighted by Crippen LogP contribution is 2.20. The number of pyridine rings is 1. The second-order valence-electron chi connectivity index (χ2n) is 6.33. The normalized spacial score (nSPS) is 19.2. The molecule has 2 heterocycles. The molecule has 2 rings (SSSR count). The summed E-state index contributed by atoms with van der Waals surface area (Å²) in [6.07, 6.45) is 3.33. The fourth-order valence-electron chi connectivity index (χ4n) is 2.28. The average molecular weight is 403 g/mol. The van der Waals surface area contributed by atoms with E-state index in [1.165, 1.54) is 0 Å². The van der Waals surface area contributed by atoms with Gasteiger partial charge in [-0.25, -0.2) is 9.78 Å². The third kappa shape index (κ3) is 5.33. The lowest BCUT2D eigenvalue weighted by Crippen LogP contribution is -2.46. The number of amides is 1. The molecule has 1 aromatic heterocycles. The molecule has 0 bridgehead atoms. The van der Waals surface area contributed by atoms with Crippen LogP contribution in [0.5, 0.6) is 0 Å². The van der Waals surface area contributed by atoms with E-state index in [1.807, 2.05) is 39.1 Å². The number of hydrogen-bond acceptors (Lipinski definition) is 4. The zero-order valence-corrected chi connectivity index (χ0v) is 14.9. The van der Waals surface area contributed by atoms with Gasteiger partial charge in [-0.15, -0.1) is 0 Å². The molecule has 1 aliphatic rings. The minimum Gasteiger partial charge on any atom is -0.444 e. The standard InChI is InChI=1S/C15H22IN3O2/c1-15(2,3)18-14(20)21-12-5-4-8-19(10-12)13-7-6-11(16)9-17-13/h6-7,9,12H,4-5,8,10H2,1-3H3,(H,18,20)/t12-/m0/s1. The summed E-state index contributed by atoms with van der Waals surface area (Å²) in [5.74, 6) is 0.944. The topological polar surface area (TPSA) is 54.5 Å². The molecule has 0 aliphatic carbocycles. The minimum absolute atomic E-state index is 0.0813. The Morgan fingerprint density at radius 3 is 2.86 bits per heavy atom. The van der Waals surface area contributed by atoms with E-state index in [4.69, 9.17) is 4.74 Å². The van der Waals surface area contributed by atoms with Crippen LogP contribution in [0.3, 0.4) is 0 Å². The molecule has 1 aromatic rings. The van der Waals surface area contributed by atoms with Gasteiger partial charge in [-0.05, 0) is 68.3 Å². The second-order valence-corrected chi connectivity index (χ2v) is 7.57. The van der Waals surface area contributed by atoms with Crippen LogP contribution >= 0.6 is 22.6 Å². The predicted molar refractivity (Wildman–Crippen MR) is 91.6 cm³/mol. The van der Waals surface area contributed by atoms with Crippen LogP contribution in [0, 0.1) is 3.57 Å². The van der Waals surface area contributed by atoms with Gasteiger partial charge in [0.15, 0.2) is 0 Å². The Hall–Kier alpha value is -1.05. The lowest BCUT2D eigenvalue weighted by atomic mass is 10.1. The van der Waals surface area contributed by atoms with E-state index in [-0.39, 0.29) is 17.7 Å². The number of aromatic nitrogens is 1. The molecule has 1 aliphatic heterocycles. The van der Waals surface area contributed by atoms with Crippen LogP contribution < -0.4 is 10.2 Å². The Bertz CT molecular complexity index is 485. The molecule has 116 valence electrons. The monoisotopic (exact) mass is 403 g/mol. The van der Waals surface area contributed by atoms with Crippen LogP contribution in [-0.4, -0.2) is 35.8 Å². The molecule has 0 spiro atoms. The van der Waals surface area contributed by atoms with Crippen molar-refractivity contribution >= 4 is 34.5 Å². The zero-order chi connectivity index (χ0) is 15.5. The summed E-state index contributed by atoms with van der Waals surface area (Å²) in [5, 5.41) is 2.83. The van der Waals surface area contributed by atoms with Gasteiger partial charge in [-0.3, -0.25) is 0 Å². The molecule has 5 nitrogen and oxygen atoms in total. The maximum Gasteiger partial charge on any atom is 0.407 e. The quantitative estimate of drug-likeness (QED) is 0.771. The van der Waals surface area contributed by atoms with E-state index in [1.54, 1.807) is 0 Å². The van der Waals surface area contributed by atoms with Gasteiger partial charge in [-0.1, -0.05) is 0 Å². The van der Waals surface area contributed by atoms with E-state index in [9.17, 15) is 4.79 Å². The van der Waals surface area contributed by atoms with E-state index in [0.29, 0.717) is 6.54 Å². The molecule has 0 radical (unpaired) electrons. The van der Waals surface area contributed by atoms with E-state index in [0.717, 1.165) is 28.8 Å². The number of carbonyl (C=O) groups excluding carboxylic acids is 1. The minimum atomic E-state index is -0.343. The van der Waals surface area contributed by atoms with Gasteiger partial charge in [0.25, 0.3) is 0 Å². The largest absolute Gasteiger partial charge is 0.444 e. The van der Waals surface area contributed by atoms with Crippen molar-refractivity contribution in [2.45, 2.75) is 45.3 Å². The third-order valence-electron chi connectivity index (χ3n) is 3.16. The molecule has 1 saturated heterocycles. The summed E-state index contributed by atoms with van der Waals surface area (Å²) >= 11 is 2.24. The molecule has 1 fully saturated rings. The first-order valence-corrected chi connectivity index (χ1v) is 8.27. The molecule has 0 unspecified atom stereocenters. The van der Waals surface area contributed by atoms with Crippen molar-refractivity contribution in [1.29, 1.82) is 0 Å². The van der Waals surface area contributed by atoms with Crippen LogP contribution in [-0.2, 0) is 4.74 Å². The lowest BCUT2D eigenvalue weighted by molar-refractivity contribution is 0.0825. The van der Waals surface area contributed by atoms with Crippen LogP contribution in [0.4, 0.5) is 10.6 Å². The van der Waals surface area contributed by atoms with Crippen LogP contribution in [0.2, 0.25) is 0 Å². The molecular formula is C15H22IN3O2. The maximum atomic E-state index is 11.8. The second kappa shape index (κ2) is 6.81. The lowest BCUT2D eigenvalue weighted by Gasteiger charge is -2.33. The maximum absolute atomic E-state index is 11.8. The molecule has 1 N–H and O–H groups in total. The van der Waals surface area contributed by atoms with Crippen molar-refractivity contribution in [2.24, 2.45) is 0 Å². The van der Waals surface area contributed by atoms with Gasteiger partial charge in [-0.2, -0.15) is 0 Å². The van der Waals surface area contributed by atoms with Gasteiger partial charge in [0.1, 0.15) is 11.9 Å². The molecule has 0 aromatic carbocycles. The first kappa shape index (κ1) is 16.3. The summed E-state index contributed by atoms with van der Waals surface area (Å²) < 4.78 is 6.64. The Balaban J connectivity index is 1.91. The van der Waals surface area contributed by atoms with Gasteiger partial charge in [0, 0.05) is 21.9 Å². The number of ether oxygens (including phenoxy) is 1. The molecule has 0 saturated carbocycles. The van der Waals surface area contributed by atoms with Crippen molar-refractivity contribution < 1.29 is 9.53 Å². The third-order valence-corrected chi connectivity index (χ3v) is 3.80. The Morgan fingerprint density at radius 2 is 2.24 bits per heavy atom. The summed E-state index contributed by atoms with van der Waals surface area (Å²) in [5.41, 5.74) is -0.275. The summed E-state index contributed by atoms with van der Waals surface area (Å²) in [6, 6.07) is 4.05. The molecule has 21 heavy (non-hydrogen) atoms. The molecule has 6 heteroatoms. The first-order valence-electron chi connectivity index (χ1n) is 7.19. The number of carbonyl (C=O) groups is 1. The zero-order valence-electron chi connectivity index (χ0n) is 12.7. The number of piperidine rings is 1. The van der Waals surface area contributed by atoms with Crippen LogP contribution in [0.15, 0.2) is 18.3 Å². The molecule has 1 amide bonds. The fraction of sp³-hybridized carbons (Fsp3) is 0.600. The number of nitrogens with one attached hydrogen (secondary N) is 1. The number of rotatable bonds is 2. The number of hydrogen-bond donors (Lipinski definition) is 1. The molecular weight excluding hydrogens is 381 g/mol. The van der Waals surface area contributed by atoms with Crippen LogP contribution in [0.1, 0.15) is 33.6 Å². The first-order chi connectivity index (χ1) is 9.83. The van der Waals surface area contributed by atoms with E-state index >= 15 is 0 Å². The predicted octanol–water partition coefficient (Wildman–Crippen LogP) is 3.18. The summed E-state index contributed by atoms with van der Waals surface area (Å²) in [4.78, 5) is 18.5. The van der Waals surface area contributed by atoms with E-state index < -0.39 is 0 Å². The molecule has 1 atom stereocenters. The highest BCUT2D eigenvalue weighted by Gasteiger charge is 2.25. The number of halogens is 1. The number of nitrogens with zero attached hydrogens (tertiary/aromatic N) is 2. The smallest absolute Gasteiger partial charge is 0.407 e. The fourth-order valence-corrected chi connectivity index (χ4v) is 2.60. The Morgan fingerprint density at radius 1 is 1.48 bits per heavy atom. The Kier molecular flexibility index (Phi) is 5.29. The van der Waals surface area contributed by atoms with Crippen molar-refractivity contribution in [3.8, 4) is 0 Å². The van der Waals surface area contributed by atoms with Crippen molar-refractivity contribution in [3.63, 3.8) is 0 Å². The highest BCUT2D eigenvalue weighted by molar-refractivity contribution is 14.1. The highest BCUT2D eigenvalue weighted by atomic mass is 127. The summed E-state index contributed by atoms with van der Waals surface area (Å²) in [6.45, 7) is 7.48. The SMILES string of the molecule is CC(C)(C)NC(=O)O[C@H]1CCCN(c2ccc(I)cn2)C1. The van der Waals surface area contributed by atoms with Gasteiger partial charge >= 0.3 is 6.09 Å². The number of anilines is 1. The Labute approximate surface area is 139 Å². The average Bonchev–Trinajstić information content (AvgIpc) is 2.37. The van der Waals surface area contributed by atoms with Gasteiger partial charge in [0.05, 0.1) is 6.54 Å². The van der Waals surface area contributed by atoms with Crippen LogP contribution in [0.25, 0.3) is 0 Å². The van der Waals surface area contributed by atoms with E-state index in [2.05, 4.69) is 37.8 Å². The summed E-state index contributed by atoms with van der Waals surface area (Å²) in [7, 11) is 0. The van der Waals surface area contributed by atoms with Crippen molar-refractivity contribution in [2.75, 3.05) is 18.0 Å². The van der Waals surface area contributed by atoms with Gasteiger partial charge in [0.2, 0.25) is 0 Å². The van der Waals surface area contributed by atoms with Gasteiger partial charge < -0.3 is 15.0 Å². The van der Waals surface area contributed by atoms with Crippen molar-refractivity contribution in [1.82, 2.24) is 10.3 Å². The van der Waals surface area contributed by atoms with Crippen molar-refractivity contribution in [3.05, 3.63) is 21.9 Å².